The van der Waals surface area contributed by atoms with Crippen molar-refractivity contribution in [2.45, 2.75) is 13.0 Å². The Morgan fingerprint density at radius 3 is 2.44 bits per heavy atom. The van der Waals surface area contributed by atoms with Crippen LogP contribution in [-0.2, 0) is 4.79 Å². The van der Waals surface area contributed by atoms with E-state index in [9.17, 15) is 9.18 Å². The lowest BCUT2D eigenvalue weighted by Crippen LogP contribution is -2.52. The van der Waals surface area contributed by atoms with E-state index in [2.05, 4.69) is 15.1 Å². The summed E-state index contributed by atoms with van der Waals surface area (Å²) in [5.74, 6) is -0.364. The highest BCUT2D eigenvalue weighted by Gasteiger charge is 2.25. The van der Waals surface area contributed by atoms with Crippen LogP contribution in [0.5, 0.6) is 0 Å². The molecule has 0 saturated carbocycles. The zero-order valence-corrected chi connectivity index (χ0v) is 15.7. The number of nitriles is 1. The van der Waals surface area contributed by atoms with Gasteiger partial charge in [-0.05, 0) is 49.4 Å². The van der Waals surface area contributed by atoms with Crippen molar-refractivity contribution in [3.63, 3.8) is 0 Å². The SMILES string of the molecule is C[C@H](C(=O)Nc1ccc(C#N)c(Cl)c1)N1CCN(c2ccc(F)cc2)CC1. The maximum absolute atomic E-state index is 13.1. The van der Waals surface area contributed by atoms with Gasteiger partial charge >= 0.3 is 0 Å². The molecule has 2 aromatic rings. The largest absolute Gasteiger partial charge is 0.369 e. The number of amides is 1. The zero-order chi connectivity index (χ0) is 19.4. The summed E-state index contributed by atoms with van der Waals surface area (Å²) in [5.41, 5.74) is 1.93. The summed E-state index contributed by atoms with van der Waals surface area (Å²) < 4.78 is 13.1. The molecule has 27 heavy (non-hydrogen) atoms. The third kappa shape index (κ3) is 4.57. The lowest BCUT2D eigenvalue weighted by molar-refractivity contribution is -0.120. The Balaban J connectivity index is 1.56. The van der Waals surface area contributed by atoms with Gasteiger partial charge in [-0.15, -0.1) is 0 Å². The fourth-order valence-corrected chi connectivity index (χ4v) is 3.34. The molecule has 1 aliphatic rings. The Bertz CT molecular complexity index is 857. The number of carbonyl (C=O) groups is 1. The molecule has 140 valence electrons. The standard InChI is InChI=1S/C20H20ClFN4O/c1-14(20(27)24-17-5-2-15(13-23)19(21)12-17)25-8-10-26(11-9-25)18-6-3-16(22)4-7-18/h2-7,12,14H,8-11H2,1H3,(H,24,27)/t14-/m1/s1. The lowest BCUT2D eigenvalue weighted by atomic mass is 10.1. The molecule has 2 aromatic carbocycles. The van der Waals surface area contributed by atoms with Gasteiger partial charge in [-0.1, -0.05) is 11.6 Å². The molecule has 0 radical (unpaired) electrons. The van der Waals surface area contributed by atoms with Gasteiger partial charge in [0.15, 0.2) is 0 Å². The quantitative estimate of drug-likeness (QED) is 0.873. The molecule has 0 bridgehead atoms. The maximum Gasteiger partial charge on any atom is 0.241 e. The monoisotopic (exact) mass is 386 g/mol. The molecule has 0 aliphatic carbocycles. The molecule has 1 saturated heterocycles. The van der Waals surface area contributed by atoms with Crippen LogP contribution in [0.4, 0.5) is 15.8 Å². The highest BCUT2D eigenvalue weighted by atomic mass is 35.5. The summed E-state index contributed by atoms with van der Waals surface area (Å²) in [5, 5.41) is 12.1. The Hall–Kier alpha value is -2.62. The van der Waals surface area contributed by atoms with Gasteiger partial charge < -0.3 is 10.2 Å². The van der Waals surface area contributed by atoms with E-state index in [0.29, 0.717) is 16.3 Å². The molecular formula is C20H20ClFN4O. The van der Waals surface area contributed by atoms with E-state index < -0.39 is 0 Å². The summed E-state index contributed by atoms with van der Waals surface area (Å²) in [6.45, 7) is 4.88. The van der Waals surface area contributed by atoms with Crippen molar-refractivity contribution in [2.75, 3.05) is 36.4 Å². The van der Waals surface area contributed by atoms with Gasteiger partial charge in [-0.25, -0.2) is 4.39 Å². The highest BCUT2D eigenvalue weighted by Crippen LogP contribution is 2.21. The number of hydrogen-bond acceptors (Lipinski definition) is 4. The predicted octanol–water partition coefficient (Wildman–Crippen LogP) is 3.50. The second-order valence-corrected chi connectivity index (χ2v) is 6.88. The van der Waals surface area contributed by atoms with Crippen LogP contribution in [0.25, 0.3) is 0 Å². The Labute approximate surface area is 162 Å². The van der Waals surface area contributed by atoms with E-state index in [1.807, 2.05) is 13.0 Å². The fraction of sp³-hybridized carbons (Fsp3) is 0.300. The topological polar surface area (TPSA) is 59.4 Å². The molecule has 1 aliphatic heterocycles. The second-order valence-electron chi connectivity index (χ2n) is 6.47. The van der Waals surface area contributed by atoms with Crippen LogP contribution in [0.3, 0.4) is 0 Å². The molecule has 0 unspecified atom stereocenters. The minimum atomic E-state index is -0.296. The van der Waals surface area contributed by atoms with Crippen LogP contribution >= 0.6 is 11.6 Å². The molecule has 1 N–H and O–H groups in total. The first-order chi connectivity index (χ1) is 13.0. The van der Waals surface area contributed by atoms with Crippen molar-refractivity contribution in [3.05, 3.63) is 58.9 Å². The van der Waals surface area contributed by atoms with Crippen LogP contribution in [-0.4, -0.2) is 43.0 Å². The van der Waals surface area contributed by atoms with Crippen molar-refractivity contribution in [1.82, 2.24) is 4.90 Å². The molecule has 1 heterocycles. The molecule has 1 amide bonds. The van der Waals surface area contributed by atoms with Crippen LogP contribution in [0.15, 0.2) is 42.5 Å². The van der Waals surface area contributed by atoms with Gasteiger partial charge in [0.2, 0.25) is 5.91 Å². The van der Waals surface area contributed by atoms with Crippen LogP contribution in [0.1, 0.15) is 12.5 Å². The summed E-state index contributed by atoms with van der Waals surface area (Å²) in [6.07, 6.45) is 0. The van der Waals surface area contributed by atoms with E-state index >= 15 is 0 Å². The van der Waals surface area contributed by atoms with Crippen LogP contribution in [0.2, 0.25) is 5.02 Å². The van der Waals surface area contributed by atoms with Crippen molar-refractivity contribution in [2.24, 2.45) is 0 Å². The van der Waals surface area contributed by atoms with E-state index in [1.54, 1.807) is 30.3 Å². The number of nitrogens with one attached hydrogen (secondary N) is 1. The van der Waals surface area contributed by atoms with Gasteiger partial charge in [-0.3, -0.25) is 9.69 Å². The summed E-state index contributed by atoms with van der Waals surface area (Å²) in [4.78, 5) is 16.8. The number of hydrogen-bond donors (Lipinski definition) is 1. The first kappa shape index (κ1) is 19.2. The van der Waals surface area contributed by atoms with Crippen LogP contribution < -0.4 is 10.2 Å². The minimum Gasteiger partial charge on any atom is -0.369 e. The van der Waals surface area contributed by atoms with Crippen molar-refractivity contribution in [1.29, 1.82) is 5.26 Å². The molecule has 0 spiro atoms. The van der Waals surface area contributed by atoms with Crippen molar-refractivity contribution in [3.8, 4) is 6.07 Å². The fourth-order valence-electron chi connectivity index (χ4n) is 3.12. The highest BCUT2D eigenvalue weighted by molar-refractivity contribution is 6.32. The Morgan fingerprint density at radius 2 is 1.85 bits per heavy atom. The Morgan fingerprint density at radius 1 is 1.19 bits per heavy atom. The van der Waals surface area contributed by atoms with Crippen LogP contribution in [0, 0.1) is 17.1 Å². The normalized spacial score (nSPS) is 15.9. The summed E-state index contributed by atoms with van der Waals surface area (Å²) >= 11 is 6.01. The van der Waals surface area contributed by atoms with E-state index in [0.717, 1.165) is 31.9 Å². The summed E-state index contributed by atoms with van der Waals surface area (Å²) in [7, 11) is 0. The number of rotatable bonds is 4. The van der Waals surface area contributed by atoms with Gasteiger partial charge in [0.25, 0.3) is 0 Å². The average molecular weight is 387 g/mol. The van der Waals surface area contributed by atoms with E-state index in [4.69, 9.17) is 16.9 Å². The lowest BCUT2D eigenvalue weighted by Gasteiger charge is -2.38. The number of nitrogens with zero attached hydrogens (tertiary/aromatic N) is 3. The number of benzene rings is 2. The van der Waals surface area contributed by atoms with Gasteiger partial charge in [0.05, 0.1) is 16.6 Å². The third-order valence-electron chi connectivity index (χ3n) is 4.79. The molecule has 1 atom stereocenters. The first-order valence-electron chi connectivity index (χ1n) is 8.73. The molecular weight excluding hydrogens is 367 g/mol. The number of piperazine rings is 1. The first-order valence-corrected chi connectivity index (χ1v) is 9.11. The Kier molecular flexibility index (Phi) is 5.94. The molecule has 3 rings (SSSR count). The molecule has 5 nitrogen and oxygen atoms in total. The summed E-state index contributed by atoms with van der Waals surface area (Å²) in [6, 6.07) is 13.0. The van der Waals surface area contributed by atoms with Gasteiger partial charge in [0, 0.05) is 37.6 Å². The van der Waals surface area contributed by atoms with E-state index in [-0.39, 0.29) is 17.8 Å². The number of anilines is 2. The van der Waals surface area contributed by atoms with Crippen molar-refractivity contribution < 1.29 is 9.18 Å². The van der Waals surface area contributed by atoms with E-state index in [1.165, 1.54) is 12.1 Å². The van der Waals surface area contributed by atoms with Gasteiger partial charge in [-0.2, -0.15) is 5.26 Å². The number of carbonyl (C=O) groups excluding carboxylic acids is 1. The minimum absolute atomic E-state index is 0.119. The number of halogens is 2. The molecule has 7 heteroatoms. The second kappa shape index (κ2) is 8.38. The maximum atomic E-state index is 13.1. The zero-order valence-electron chi connectivity index (χ0n) is 15.0. The van der Waals surface area contributed by atoms with Crippen molar-refractivity contribution >= 4 is 28.9 Å². The molecule has 1 fully saturated rings. The van der Waals surface area contributed by atoms with Gasteiger partial charge in [0.1, 0.15) is 11.9 Å². The predicted molar refractivity (Wildman–Crippen MR) is 104 cm³/mol. The smallest absolute Gasteiger partial charge is 0.241 e. The third-order valence-corrected chi connectivity index (χ3v) is 5.10. The molecule has 0 aromatic heterocycles. The average Bonchev–Trinajstić information content (AvgIpc) is 2.68.